The first-order valence-corrected chi connectivity index (χ1v) is 6.52. The van der Waals surface area contributed by atoms with Gasteiger partial charge >= 0.3 is 5.97 Å². The van der Waals surface area contributed by atoms with Crippen LogP contribution in [0.3, 0.4) is 0 Å². The minimum absolute atomic E-state index is 0.233. The summed E-state index contributed by atoms with van der Waals surface area (Å²) in [5.41, 5.74) is 1.76. The molecule has 1 aromatic carbocycles. The molecule has 0 spiro atoms. The van der Waals surface area contributed by atoms with Gasteiger partial charge in [-0.2, -0.15) is 0 Å². The fourth-order valence-electron chi connectivity index (χ4n) is 1.12. The molecule has 0 heterocycles. The molecule has 0 amide bonds. The number of carbonyl (C=O) groups excluding carboxylic acids is 1. The topological polar surface area (TPSA) is 26.3 Å². The Bertz CT molecular complexity index is 352. The minimum atomic E-state index is -0.233. The van der Waals surface area contributed by atoms with Gasteiger partial charge in [-0.3, -0.25) is 0 Å². The van der Waals surface area contributed by atoms with Crippen LogP contribution in [0, 0.1) is 10.5 Å². The summed E-state index contributed by atoms with van der Waals surface area (Å²) in [6.07, 6.45) is 0.838. The van der Waals surface area contributed by atoms with Crippen molar-refractivity contribution in [3.63, 3.8) is 0 Å². The highest BCUT2D eigenvalue weighted by atomic mass is 127. The molecule has 0 aromatic heterocycles. The Morgan fingerprint density at radius 3 is 2.93 bits per heavy atom. The van der Waals surface area contributed by atoms with Crippen molar-refractivity contribution in [2.45, 2.75) is 19.4 Å². The van der Waals surface area contributed by atoms with Crippen LogP contribution in [0.25, 0.3) is 0 Å². The molecule has 0 fully saturated rings. The third-order valence-corrected chi connectivity index (χ3v) is 3.75. The number of aryl methyl sites for hydroxylation is 1. The smallest absolute Gasteiger partial charge is 0.339 e. The second-order valence-corrected chi connectivity index (χ2v) is 4.75. The van der Waals surface area contributed by atoms with Crippen LogP contribution in [-0.2, 0) is 4.74 Å². The van der Waals surface area contributed by atoms with E-state index in [1.54, 1.807) is 6.07 Å². The van der Waals surface area contributed by atoms with Crippen LogP contribution < -0.4 is 0 Å². The normalized spacial score (nSPS) is 10.1. The van der Waals surface area contributed by atoms with E-state index in [9.17, 15) is 4.79 Å². The summed E-state index contributed by atoms with van der Waals surface area (Å²) in [5.74, 6) is -0.233. The van der Waals surface area contributed by atoms with Gasteiger partial charge in [0.25, 0.3) is 0 Å². The van der Waals surface area contributed by atoms with Gasteiger partial charge in [0, 0.05) is 13.8 Å². The molecule has 0 bridgehead atoms. The van der Waals surface area contributed by atoms with Crippen LogP contribution in [0.2, 0.25) is 6.04 Å². The average Bonchev–Trinajstić information content (AvgIpc) is 2.22. The minimum Gasteiger partial charge on any atom is -0.462 e. The van der Waals surface area contributed by atoms with Gasteiger partial charge in [-0.1, -0.05) is 18.2 Å². The predicted molar refractivity (Wildman–Crippen MR) is 69.4 cm³/mol. The van der Waals surface area contributed by atoms with Crippen molar-refractivity contribution < 1.29 is 9.53 Å². The molecule has 0 unspecified atom stereocenters. The molecular weight excluding hydrogens is 319 g/mol. The molecule has 2 nitrogen and oxygen atoms in total. The first-order chi connectivity index (χ1) is 7.16. The molecule has 3 radical (unpaired) electrons. The molecule has 79 valence electrons. The van der Waals surface area contributed by atoms with Crippen molar-refractivity contribution in [1.82, 2.24) is 0 Å². The number of esters is 1. The number of hydrogen-bond donors (Lipinski definition) is 0. The van der Waals surface area contributed by atoms with E-state index < -0.39 is 0 Å². The second-order valence-electron chi connectivity index (χ2n) is 3.18. The summed E-state index contributed by atoms with van der Waals surface area (Å²) in [5, 5.41) is 0. The summed E-state index contributed by atoms with van der Waals surface area (Å²) in [6, 6.07) is 6.50. The van der Waals surface area contributed by atoms with E-state index in [4.69, 9.17) is 4.74 Å². The van der Waals surface area contributed by atoms with E-state index in [-0.39, 0.29) is 5.97 Å². The van der Waals surface area contributed by atoms with Gasteiger partial charge in [0.2, 0.25) is 0 Å². The Morgan fingerprint density at radius 2 is 2.27 bits per heavy atom. The van der Waals surface area contributed by atoms with Gasteiger partial charge in [0.1, 0.15) is 0 Å². The van der Waals surface area contributed by atoms with Gasteiger partial charge in [-0.25, -0.2) is 4.79 Å². The SMILES string of the molecule is Cc1cccc(C(=O)OCCC[Si])c1I. The molecule has 0 saturated carbocycles. The number of ether oxygens (including phenoxy) is 1. The Kier molecular flexibility index (Phi) is 5.31. The van der Waals surface area contributed by atoms with Crippen molar-refractivity contribution >= 4 is 38.8 Å². The van der Waals surface area contributed by atoms with E-state index in [0.717, 1.165) is 21.6 Å². The van der Waals surface area contributed by atoms with Crippen molar-refractivity contribution in [1.29, 1.82) is 0 Å². The molecule has 0 saturated heterocycles. The van der Waals surface area contributed by atoms with E-state index in [2.05, 4.69) is 32.8 Å². The van der Waals surface area contributed by atoms with Crippen molar-refractivity contribution in [2.75, 3.05) is 6.61 Å². The zero-order chi connectivity index (χ0) is 11.3. The summed E-state index contributed by atoms with van der Waals surface area (Å²) in [6.45, 7) is 2.45. The summed E-state index contributed by atoms with van der Waals surface area (Å²) in [4.78, 5) is 11.6. The summed E-state index contributed by atoms with van der Waals surface area (Å²) < 4.78 is 6.10. The fraction of sp³-hybridized carbons (Fsp3) is 0.364. The first-order valence-electron chi connectivity index (χ1n) is 4.73. The van der Waals surface area contributed by atoms with Crippen LogP contribution >= 0.6 is 22.6 Å². The molecule has 15 heavy (non-hydrogen) atoms. The van der Waals surface area contributed by atoms with Gasteiger partial charge in [-0.05, 0) is 47.6 Å². The molecule has 4 heteroatoms. The van der Waals surface area contributed by atoms with Gasteiger partial charge in [-0.15, -0.1) is 0 Å². The van der Waals surface area contributed by atoms with Crippen molar-refractivity contribution in [2.24, 2.45) is 0 Å². The molecule has 0 aliphatic heterocycles. The van der Waals surface area contributed by atoms with Gasteiger partial charge < -0.3 is 4.74 Å². The number of carbonyl (C=O) groups is 1. The Hall–Kier alpha value is -0.363. The highest BCUT2D eigenvalue weighted by Gasteiger charge is 2.11. The number of benzene rings is 1. The Morgan fingerprint density at radius 1 is 1.53 bits per heavy atom. The van der Waals surface area contributed by atoms with Crippen molar-refractivity contribution in [3.05, 3.63) is 32.9 Å². The maximum absolute atomic E-state index is 11.6. The third kappa shape index (κ3) is 3.60. The standard InChI is InChI=1S/C11H12IO2Si/c1-8-4-2-5-9(10(8)12)11(13)14-6-3-7-15/h2,4-5H,3,6-7H2,1H3. The van der Waals surface area contributed by atoms with Crippen LogP contribution in [0.5, 0.6) is 0 Å². The molecule has 1 aromatic rings. The zero-order valence-electron chi connectivity index (χ0n) is 8.55. The Balaban J connectivity index is 2.69. The first kappa shape index (κ1) is 12.7. The molecule has 0 aliphatic carbocycles. The van der Waals surface area contributed by atoms with E-state index in [1.807, 2.05) is 19.1 Å². The number of hydrogen-bond acceptors (Lipinski definition) is 2. The number of halogens is 1. The highest BCUT2D eigenvalue weighted by Crippen LogP contribution is 2.17. The molecule has 0 aliphatic rings. The lowest BCUT2D eigenvalue weighted by Crippen LogP contribution is -2.08. The lowest BCUT2D eigenvalue weighted by Gasteiger charge is -2.07. The lowest BCUT2D eigenvalue weighted by molar-refractivity contribution is 0.0504. The summed E-state index contributed by atoms with van der Waals surface area (Å²) in [7, 11) is 3.33. The lowest BCUT2D eigenvalue weighted by atomic mass is 10.1. The van der Waals surface area contributed by atoms with Crippen LogP contribution in [0.15, 0.2) is 18.2 Å². The van der Waals surface area contributed by atoms with E-state index >= 15 is 0 Å². The zero-order valence-corrected chi connectivity index (χ0v) is 11.7. The largest absolute Gasteiger partial charge is 0.462 e. The monoisotopic (exact) mass is 331 g/mol. The fourth-order valence-corrected chi connectivity index (χ4v) is 1.84. The van der Waals surface area contributed by atoms with Crippen LogP contribution in [0.4, 0.5) is 0 Å². The van der Waals surface area contributed by atoms with Crippen LogP contribution in [-0.4, -0.2) is 22.8 Å². The maximum atomic E-state index is 11.6. The maximum Gasteiger partial charge on any atom is 0.339 e. The highest BCUT2D eigenvalue weighted by molar-refractivity contribution is 14.1. The van der Waals surface area contributed by atoms with Crippen LogP contribution in [0.1, 0.15) is 22.3 Å². The molecule has 1 rings (SSSR count). The Labute approximate surface area is 107 Å². The molecule has 0 N–H and O–H groups in total. The quantitative estimate of drug-likeness (QED) is 0.367. The third-order valence-electron chi connectivity index (χ3n) is 1.97. The van der Waals surface area contributed by atoms with Gasteiger partial charge in [0.05, 0.1) is 12.2 Å². The summed E-state index contributed by atoms with van der Waals surface area (Å²) >= 11 is 2.17. The number of rotatable bonds is 4. The average molecular weight is 331 g/mol. The second kappa shape index (κ2) is 6.27. The van der Waals surface area contributed by atoms with Gasteiger partial charge in [0.15, 0.2) is 0 Å². The van der Waals surface area contributed by atoms with E-state index in [1.165, 1.54) is 0 Å². The van der Waals surface area contributed by atoms with E-state index in [0.29, 0.717) is 12.2 Å². The molecular formula is C11H12IO2Si. The van der Waals surface area contributed by atoms with Crippen molar-refractivity contribution in [3.8, 4) is 0 Å². The molecule has 0 atom stereocenters. The predicted octanol–water partition coefficient (Wildman–Crippen LogP) is 2.73.